The van der Waals surface area contributed by atoms with E-state index < -0.39 is 0 Å². The van der Waals surface area contributed by atoms with Gasteiger partial charge in [0.2, 0.25) is 5.88 Å². The fourth-order valence-electron chi connectivity index (χ4n) is 5.05. The van der Waals surface area contributed by atoms with Crippen molar-refractivity contribution >= 4 is 0 Å². The Kier molecular flexibility index (Phi) is 6.96. The number of aromatic hydroxyl groups is 1. The third-order valence-corrected chi connectivity index (χ3v) is 6.90. The monoisotopic (exact) mass is 514 g/mol. The summed E-state index contributed by atoms with van der Waals surface area (Å²) in [6, 6.07) is 27.9. The molecule has 2 heterocycles. The number of para-hydroxylation sites is 1. The van der Waals surface area contributed by atoms with Gasteiger partial charge in [-0.1, -0.05) is 56.7 Å². The summed E-state index contributed by atoms with van der Waals surface area (Å²) in [6.07, 6.45) is 1.72. The minimum absolute atomic E-state index is 0.111. The summed E-state index contributed by atoms with van der Waals surface area (Å²) in [5.41, 5.74) is 10.1. The van der Waals surface area contributed by atoms with E-state index in [2.05, 4.69) is 82.9 Å². The van der Waals surface area contributed by atoms with Crippen molar-refractivity contribution < 1.29 is 9.84 Å². The maximum absolute atomic E-state index is 10.7. The van der Waals surface area contributed by atoms with E-state index in [4.69, 9.17) is 9.72 Å². The molecular formula is C35H34N2O2. The van der Waals surface area contributed by atoms with Gasteiger partial charge in [-0.25, -0.2) is 9.97 Å². The van der Waals surface area contributed by atoms with Crippen LogP contribution >= 0.6 is 0 Å². The molecule has 4 nitrogen and oxygen atoms in total. The van der Waals surface area contributed by atoms with Crippen LogP contribution in [0.1, 0.15) is 43.0 Å². The second kappa shape index (κ2) is 10.4. The van der Waals surface area contributed by atoms with Gasteiger partial charge >= 0.3 is 0 Å². The normalized spacial score (nSPS) is 11.4. The first kappa shape index (κ1) is 26.2. The second-order valence-corrected chi connectivity index (χ2v) is 11.2. The van der Waals surface area contributed by atoms with Crippen LogP contribution in [0.4, 0.5) is 0 Å². The number of aromatic nitrogens is 2. The number of ether oxygens (including phenoxy) is 1. The second-order valence-electron chi connectivity index (χ2n) is 11.2. The zero-order valence-electron chi connectivity index (χ0n) is 23.4. The van der Waals surface area contributed by atoms with E-state index in [1.54, 1.807) is 12.3 Å². The van der Waals surface area contributed by atoms with Gasteiger partial charge in [-0.05, 0) is 103 Å². The number of benzene rings is 3. The first-order valence-corrected chi connectivity index (χ1v) is 13.2. The minimum Gasteiger partial charge on any atom is -0.507 e. The summed E-state index contributed by atoms with van der Waals surface area (Å²) in [6.45, 7) is 13.0. The van der Waals surface area contributed by atoms with Crippen LogP contribution in [0.25, 0.3) is 33.6 Å². The molecule has 0 aliphatic rings. The van der Waals surface area contributed by atoms with Gasteiger partial charge in [0.25, 0.3) is 0 Å². The van der Waals surface area contributed by atoms with E-state index in [-0.39, 0.29) is 11.2 Å². The first-order chi connectivity index (χ1) is 18.6. The van der Waals surface area contributed by atoms with Crippen LogP contribution in [0.15, 0.2) is 91.1 Å². The van der Waals surface area contributed by atoms with Crippen molar-refractivity contribution in [2.24, 2.45) is 0 Å². The molecule has 0 atom stereocenters. The lowest BCUT2D eigenvalue weighted by Crippen LogP contribution is -2.11. The van der Waals surface area contributed by atoms with Gasteiger partial charge in [0.05, 0.1) is 11.4 Å². The largest absolute Gasteiger partial charge is 0.507 e. The Bertz CT molecular complexity index is 1630. The highest BCUT2D eigenvalue weighted by atomic mass is 16.5. The standard InChI is InChI=1S/C35H34N2O2/c1-22-15-23(2)34(24(3)16-22)26-19-30(37-31(20-26)29-11-7-8-12-32(29)38)25-17-27(35(4,5)6)21-28(18-25)39-33-13-9-10-14-36-33/h7-21,38H,1-6H3. The Labute approximate surface area is 231 Å². The number of hydrogen-bond donors (Lipinski definition) is 1. The molecule has 0 saturated carbocycles. The zero-order valence-corrected chi connectivity index (χ0v) is 23.4. The van der Waals surface area contributed by atoms with Gasteiger partial charge < -0.3 is 9.84 Å². The summed E-state index contributed by atoms with van der Waals surface area (Å²) in [5, 5.41) is 10.7. The summed E-state index contributed by atoms with van der Waals surface area (Å²) in [4.78, 5) is 9.42. The number of phenolic OH excluding ortho intramolecular Hbond substituents is 1. The molecule has 2 aromatic heterocycles. The highest BCUT2D eigenvalue weighted by Gasteiger charge is 2.19. The Morgan fingerprint density at radius 1 is 0.718 bits per heavy atom. The summed E-state index contributed by atoms with van der Waals surface area (Å²) in [5.74, 6) is 1.44. The highest BCUT2D eigenvalue weighted by Crippen LogP contribution is 2.39. The molecule has 0 fully saturated rings. The molecule has 0 amide bonds. The fourth-order valence-corrected chi connectivity index (χ4v) is 5.05. The topological polar surface area (TPSA) is 55.2 Å². The van der Waals surface area contributed by atoms with Gasteiger partial charge in [0, 0.05) is 23.4 Å². The van der Waals surface area contributed by atoms with Crippen LogP contribution in [-0.2, 0) is 5.41 Å². The number of phenols is 1. The number of nitrogens with zero attached hydrogens (tertiary/aromatic N) is 2. The van der Waals surface area contributed by atoms with Crippen LogP contribution in [0, 0.1) is 20.8 Å². The lowest BCUT2D eigenvalue weighted by Gasteiger charge is -2.22. The lowest BCUT2D eigenvalue weighted by molar-refractivity contribution is 0.460. The van der Waals surface area contributed by atoms with Gasteiger partial charge in [0.15, 0.2) is 0 Å². The molecule has 0 unspecified atom stereocenters. The number of rotatable bonds is 5. The van der Waals surface area contributed by atoms with Crippen molar-refractivity contribution in [1.29, 1.82) is 0 Å². The molecule has 0 radical (unpaired) electrons. The van der Waals surface area contributed by atoms with E-state index in [1.165, 1.54) is 22.3 Å². The predicted octanol–water partition coefficient (Wildman–Crippen LogP) is 9.20. The molecule has 196 valence electrons. The molecule has 0 saturated heterocycles. The van der Waals surface area contributed by atoms with Crippen LogP contribution in [0.3, 0.4) is 0 Å². The maximum Gasteiger partial charge on any atom is 0.219 e. The van der Waals surface area contributed by atoms with Crippen LogP contribution < -0.4 is 4.74 Å². The zero-order chi connectivity index (χ0) is 27.7. The highest BCUT2D eigenvalue weighted by molar-refractivity contribution is 5.81. The third kappa shape index (κ3) is 5.70. The molecular weight excluding hydrogens is 480 g/mol. The fraction of sp³-hybridized carbons (Fsp3) is 0.200. The van der Waals surface area contributed by atoms with Crippen LogP contribution in [0.5, 0.6) is 17.4 Å². The number of aryl methyl sites for hydroxylation is 3. The number of pyridine rings is 2. The average Bonchev–Trinajstić information content (AvgIpc) is 2.88. The van der Waals surface area contributed by atoms with Gasteiger partial charge in [-0.2, -0.15) is 0 Å². The van der Waals surface area contributed by atoms with E-state index in [0.717, 1.165) is 22.4 Å². The maximum atomic E-state index is 10.7. The Morgan fingerprint density at radius 3 is 2.08 bits per heavy atom. The van der Waals surface area contributed by atoms with E-state index in [9.17, 15) is 5.11 Å². The van der Waals surface area contributed by atoms with E-state index in [0.29, 0.717) is 22.9 Å². The minimum atomic E-state index is -0.111. The molecule has 3 aromatic carbocycles. The van der Waals surface area contributed by atoms with Gasteiger partial charge in [0.1, 0.15) is 11.5 Å². The molecule has 0 spiro atoms. The van der Waals surface area contributed by atoms with Crippen LogP contribution in [-0.4, -0.2) is 15.1 Å². The molecule has 1 N–H and O–H groups in total. The molecule has 5 rings (SSSR count). The van der Waals surface area contributed by atoms with Crippen molar-refractivity contribution in [3.8, 4) is 51.0 Å². The Morgan fingerprint density at radius 2 is 1.41 bits per heavy atom. The van der Waals surface area contributed by atoms with Crippen molar-refractivity contribution in [2.75, 3.05) is 0 Å². The molecule has 0 aliphatic heterocycles. The molecule has 5 aromatic rings. The summed E-state index contributed by atoms with van der Waals surface area (Å²) < 4.78 is 6.20. The average molecular weight is 515 g/mol. The van der Waals surface area contributed by atoms with Crippen molar-refractivity contribution in [1.82, 2.24) is 9.97 Å². The van der Waals surface area contributed by atoms with E-state index >= 15 is 0 Å². The molecule has 0 aliphatic carbocycles. The Balaban J connectivity index is 1.75. The molecule has 0 bridgehead atoms. The summed E-state index contributed by atoms with van der Waals surface area (Å²) in [7, 11) is 0. The quantitative estimate of drug-likeness (QED) is 0.254. The SMILES string of the molecule is Cc1cc(C)c(-c2cc(-c3cc(Oc4ccccn4)cc(C(C)(C)C)c3)nc(-c3ccccc3O)c2)c(C)c1. The summed E-state index contributed by atoms with van der Waals surface area (Å²) >= 11 is 0. The van der Waals surface area contributed by atoms with Crippen molar-refractivity contribution in [2.45, 2.75) is 47.0 Å². The number of hydrogen-bond acceptors (Lipinski definition) is 4. The van der Waals surface area contributed by atoms with E-state index in [1.807, 2.05) is 42.5 Å². The van der Waals surface area contributed by atoms with Crippen LogP contribution in [0.2, 0.25) is 0 Å². The third-order valence-electron chi connectivity index (χ3n) is 6.90. The van der Waals surface area contributed by atoms with Gasteiger partial charge in [-0.15, -0.1) is 0 Å². The molecule has 39 heavy (non-hydrogen) atoms. The van der Waals surface area contributed by atoms with Gasteiger partial charge in [-0.3, -0.25) is 0 Å². The Hall–Kier alpha value is -4.44. The predicted molar refractivity (Wildman–Crippen MR) is 159 cm³/mol. The first-order valence-electron chi connectivity index (χ1n) is 13.2. The smallest absolute Gasteiger partial charge is 0.219 e. The van der Waals surface area contributed by atoms with Crippen molar-refractivity contribution in [3.05, 3.63) is 113 Å². The van der Waals surface area contributed by atoms with Crippen molar-refractivity contribution in [3.63, 3.8) is 0 Å². The lowest BCUT2D eigenvalue weighted by atomic mass is 9.85. The molecule has 4 heteroatoms.